The Bertz CT molecular complexity index is 1100. The van der Waals surface area contributed by atoms with Crippen molar-refractivity contribution in [1.29, 1.82) is 0 Å². The third kappa shape index (κ3) is 4.51. The number of anilines is 1. The molecule has 1 aliphatic rings. The van der Waals surface area contributed by atoms with Gasteiger partial charge in [-0.1, -0.05) is 81.4 Å². The molecule has 3 aromatic rings. The van der Waals surface area contributed by atoms with Gasteiger partial charge in [-0.15, -0.1) is 0 Å². The lowest BCUT2D eigenvalue weighted by molar-refractivity contribution is -0.0369. The van der Waals surface area contributed by atoms with E-state index in [4.69, 9.17) is 14.9 Å². The van der Waals surface area contributed by atoms with E-state index in [1.807, 2.05) is 36.4 Å². The summed E-state index contributed by atoms with van der Waals surface area (Å²) in [5, 5.41) is 2.10. The van der Waals surface area contributed by atoms with Gasteiger partial charge in [0.2, 0.25) is 0 Å². The van der Waals surface area contributed by atoms with E-state index in [1.165, 1.54) is 12.3 Å². The molecule has 0 radical (unpaired) electrons. The Morgan fingerprint density at radius 1 is 1.09 bits per heavy atom. The number of rotatable bonds is 6. The van der Waals surface area contributed by atoms with Crippen molar-refractivity contribution in [3.8, 4) is 0 Å². The molecular weight excluding hydrogens is 437 g/mol. The molecule has 6 nitrogen and oxygen atoms in total. The monoisotopic (exact) mass is 467 g/mol. The van der Waals surface area contributed by atoms with Crippen LogP contribution >= 0.6 is 0 Å². The number of hydrogen-bond donors (Lipinski definition) is 1. The molecule has 2 N–H and O–H groups in total. The van der Waals surface area contributed by atoms with E-state index in [2.05, 4.69) is 50.0 Å². The highest BCUT2D eigenvalue weighted by Gasteiger charge is 2.51. The fourth-order valence-corrected chi connectivity index (χ4v) is 9.24. The van der Waals surface area contributed by atoms with Crippen molar-refractivity contribution in [2.75, 3.05) is 12.3 Å². The van der Waals surface area contributed by atoms with Crippen molar-refractivity contribution in [2.45, 2.75) is 50.7 Å². The van der Waals surface area contributed by atoms with E-state index in [0.717, 1.165) is 14.9 Å². The summed E-state index contributed by atoms with van der Waals surface area (Å²) in [7, 11) is -2.76. The van der Waals surface area contributed by atoms with Crippen LogP contribution < -0.4 is 21.8 Å². The summed E-state index contributed by atoms with van der Waals surface area (Å²) >= 11 is 0. The SMILES string of the molecule is CC(C)(C)[Si](OC[C@H]1C[C@@H](F)[C@H](n2ccc(N)nc2=O)O1)(c1ccccc1)c1ccccc1. The van der Waals surface area contributed by atoms with Gasteiger partial charge in [0, 0.05) is 12.6 Å². The van der Waals surface area contributed by atoms with Crippen molar-refractivity contribution >= 4 is 24.5 Å². The van der Waals surface area contributed by atoms with E-state index in [9.17, 15) is 9.18 Å². The van der Waals surface area contributed by atoms with E-state index in [1.54, 1.807) is 0 Å². The molecule has 0 bridgehead atoms. The Balaban J connectivity index is 1.64. The van der Waals surface area contributed by atoms with Gasteiger partial charge in [-0.25, -0.2) is 9.18 Å². The average Bonchev–Trinajstić information content (AvgIpc) is 3.15. The Kier molecular flexibility index (Phi) is 6.51. The minimum atomic E-state index is -2.76. The van der Waals surface area contributed by atoms with Crippen molar-refractivity contribution < 1.29 is 13.6 Å². The Morgan fingerprint density at radius 3 is 2.18 bits per heavy atom. The molecule has 0 amide bonds. The number of alkyl halides is 1. The van der Waals surface area contributed by atoms with Crippen molar-refractivity contribution in [3.63, 3.8) is 0 Å². The second-order valence-electron chi connectivity index (χ2n) is 9.42. The molecule has 3 atom stereocenters. The summed E-state index contributed by atoms with van der Waals surface area (Å²) in [6.07, 6.45) is -1.32. The zero-order chi connectivity index (χ0) is 23.6. The molecular formula is C25H30FN3O3Si. The minimum Gasteiger partial charge on any atom is -0.405 e. The van der Waals surface area contributed by atoms with Crippen molar-refractivity contribution in [3.05, 3.63) is 83.4 Å². The normalized spacial score (nSPS) is 21.3. The first-order valence-corrected chi connectivity index (χ1v) is 13.0. The van der Waals surface area contributed by atoms with Crippen LogP contribution in [0.5, 0.6) is 0 Å². The first-order chi connectivity index (χ1) is 15.7. The van der Waals surface area contributed by atoms with Crippen LogP contribution in [-0.4, -0.2) is 36.8 Å². The van der Waals surface area contributed by atoms with Gasteiger partial charge in [-0.3, -0.25) is 4.57 Å². The first kappa shape index (κ1) is 23.3. The van der Waals surface area contributed by atoms with Crippen molar-refractivity contribution in [2.24, 2.45) is 0 Å². The molecule has 2 heterocycles. The lowest BCUT2D eigenvalue weighted by Gasteiger charge is -2.43. The standard InChI is InChI=1S/C25H30FN3O3Si/c1-25(2,3)33(19-10-6-4-7-11-19,20-12-8-5-9-13-20)31-17-18-16-21(26)23(32-18)29-15-14-22(27)28-24(29)30/h4-15,18,21,23H,16-17H2,1-3H3,(H2,27,28,30)/t18-,21-,23-/m1/s1. The number of ether oxygens (including phenoxy) is 1. The maximum Gasteiger partial charge on any atom is 0.351 e. The van der Waals surface area contributed by atoms with Crippen LogP contribution in [0.15, 0.2) is 77.7 Å². The Hall–Kier alpha value is -2.81. The van der Waals surface area contributed by atoms with Gasteiger partial charge in [0.25, 0.3) is 8.32 Å². The maximum absolute atomic E-state index is 14.9. The maximum atomic E-state index is 14.9. The lowest BCUT2D eigenvalue weighted by Crippen LogP contribution is -2.67. The highest BCUT2D eigenvalue weighted by Crippen LogP contribution is 2.38. The second kappa shape index (κ2) is 9.21. The van der Waals surface area contributed by atoms with Crippen LogP contribution in [0.2, 0.25) is 5.04 Å². The molecule has 1 fully saturated rings. The predicted octanol–water partition coefficient (Wildman–Crippen LogP) is 3.03. The number of nitrogens with two attached hydrogens (primary N) is 1. The summed E-state index contributed by atoms with van der Waals surface area (Å²) < 4.78 is 28.9. The summed E-state index contributed by atoms with van der Waals surface area (Å²) in [6.45, 7) is 6.79. The zero-order valence-electron chi connectivity index (χ0n) is 19.1. The fourth-order valence-electron chi connectivity index (χ4n) is 4.65. The highest BCUT2D eigenvalue weighted by molar-refractivity contribution is 6.99. The van der Waals surface area contributed by atoms with Gasteiger partial charge >= 0.3 is 5.69 Å². The first-order valence-electron chi connectivity index (χ1n) is 11.1. The van der Waals surface area contributed by atoms with Gasteiger partial charge in [-0.05, 0) is 21.5 Å². The molecule has 4 rings (SSSR count). The summed E-state index contributed by atoms with van der Waals surface area (Å²) in [5.41, 5.74) is 4.93. The highest BCUT2D eigenvalue weighted by atomic mass is 28.4. The second-order valence-corrected chi connectivity index (χ2v) is 13.7. The number of nitrogens with zero attached hydrogens (tertiary/aromatic N) is 2. The molecule has 174 valence electrons. The number of halogens is 1. The molecule has 33 heavy (non-hydrogen) atoms. The molecule has 2 aromatic carbocycles. The number of aromatic nitrogens is 2. The van der Waals surface area contributed by atoms with E-state index in [0.29, 0.717) is 0 Å². The van der Waals surface area contributed by atoms with Gasteiger partial charge in [0.05, 0.1) is 12.7 Å². The minimum absolute atomic E-state index is 0.0937. The molecule has 1 saturated heterocycles. The number of hydrogen-bond acceptors (Lipinski definition) is 5. The molecule has 1 aromatic heterocycles. The average molecular weight is 468 g/mol. The van der Waals surface area contributed by atoms with Crippen LogP contribution in [0.3, 0.4) is 0 Å². The Labute approximate surface area is 194 Å². The van der Waals surface area contributed by atoms with E-state index in [-0.39, 0.29) is 23.9 Å². The predicted molar refractivity (Wildman–Crippen MR) is 130 cm³/mol. The van der Waals surface area contributed by atoms with Crippen molar-refractivity contribution in [1.82, 2.24) is 9.55 Å². The zero-order valence-corrected chi connectivity index (χ0v) is 20.1. The van der Waals surface area contributed by atoms with Crippen LogP contribution in [0.25, 0.3) is 0 Å². The third-order valence-electron chi connectivity index (χ3n) is 6.16. The molecule has 8 heteroatoms. The van der Waals surface area contributed by atoms with Gasteiger partial charge in [0.15, 0.2) is 6.23 Å². The smallest absolute Gasteiger partial charge is 0.351 e. The Morgan fingerprint density at radius 2 is 1.67 bits per heavy atom. The molecule has 0 aliphatic carbocycles. The number of benzene rings is 2. The van der Waals surface area contributed by atoms with Gasteiger partial charge in [0.1, 0.15) is 12.0 Å². The fraction of sp³-hybridized carbons (Fsp3) is 0.360. The molecule has 1 aliphatic heterocycles. The van der Waals surface area contributed by atoms with Gasteiger partial charge < -0.3 is 14.9 Å². The van der Waals surface area contributed by atoms with Crippen LogP contribution in [-0.2, 0) is 9.16 Å². The summed E-state index contributed by atoms with van der Waals surface area (Å²) in [4.78, 5) is 15.9. The van der Waals surface area contributed by atoms with Gasteiger partial charge in [-0.2, -0.15) is 4.98 Å². The van der Waals surface area contributed by atoms with E-state index < -0.39 is 32.5 Å². The molecule has 0 spiro atoms. The van der Waals surface area contributed by atoms with Crippen LogP contribution in [0.4, 0.5) is 10.2 Å². The topological polar surface area (TPSA) is 79.4 Å². The summed E-state index contributed by atoms with van der Waals surface area (Å²) in [6, 6.07) is 22.0. The van der Waals surface area contributed by atoms with E-state index >= 15 is 0 Å². The van der Waals surface area contributed by atoms with Crippen LogP contribution in [0, 0.1) is 0 Å². The largest absolute Gasteiger partial charge is 0.405 e. The molecule has 0 saturated carbocycles. The lowest BCUT2D eigenvalue weighted by atomic mass is 10.2. The third-order valence-corrected chi connectivity index (χ3v) is 11.2. The number of nitrogen functional groups attached to an aromatic ring is 1. The summed E-state index contributed by atoms with van der Waals surface area (Å²) in [5.74, 6) is 0.0937. The quantitative estimate of drug-likeness (QED) is 0.564. The van der Waals surface area contributed by atoms with Crippen LogP contribution in [0.1, 0.15) is 33.4 Å². The molecule has 0 unspecified atom stereocenters.